The quantitative estimate of drug-likeness (QED) is 0.186. The first kappa shape index (κ1) is 14.6. The van der Waals surface area contributed by atoms with E-state index in [9.17, 15) is 0 Å². The van der Waals surface area contributed by atoms with Crippen molar-refractivity contribution in [2.24, 2.45) is 10.9 Å². The predicted molar refractivity (Wildman–Crippen MR) is 67.7 cm³/mol. The van der Waals surface area contributed by atoms with E-state index in [0.29, 0.717) is 0 Å². The Hall–Kier alpha value is -0.420. The highest BCUT2D eigenvalue weighted by Gasteiger charge is 2.09. The topological polar surface area (TPSA) is 70.6 Å². The Balaban J connectivity index is 3.47. The van der Waals surface area contributed by atoms with Crippen LogP contribution < -0.4 is 11.1 Å². The van der Waals surface area contributed by atoms with Crippen molar-refractivity contribution >= 4 is 17.6 Å². The lowest BCUT2D eigenvalue weighted by molar-refractivity contribution is 0.314. The molecule has 0 radical (unpaired) electrons. The van der Waals surface area contributed by atoms with E-state index in [2.05, 4.69) is 16.7 Å². The summed E-state index contributed by atoms with van der Waals surface area (Å²) in [5.41, 5.74) is 5.52. The summed E-state index contributed by atoms with van der Waals surface area (Å²) >= 11 is 1.89. The molecule has 0 saturated carbocycles. The zero-order chi connectivity index (χ0) is 11.5. The Labute approximate surface area is 96.7 Å². The normalized spacial score (nSPS) is 14.1. The second kappa shape index (κ2) is 10.1. The molecule has 0 spiro atoms. The molecule has 0 aromatic carbocycles. The molecular weight excluding hydrogens is 210 g/mol. The maximum atomic E-state index is 8.53. The van der Waals surface area contributed by atoms with Gasteiger partial charge in [-0.15, -0.1) is 0 Å². The predicted octanol–water partition coefficient (Wildman–Crippen LogP) is 1.63. The zero-order valence-corrected chi connectivity index (χ0v) is 10.5. The minimum absolute atomic E-state index is 0.00977. The van der Waals surface area contributed by atoms with E-state index in [1.807, 2.05) is 18.7 Å². The van der Waals surface area contributed by atoms with E-state index in [0.717, 1.165) is 19.4 Å². The molecule has 5 heteroatoms. The Morgan fingerprint density at radius 1 is 1.47 bits per heavy atom. The van der Waals surface area contributed by atoms with Crippen LogP contribution in [0.1, 0.15) is 32.6 Å². The second-order valence-corrected chi connectivity index (χ2v) is 4.48. The molecule has 15 heavy (non-hydrogen) atoms. The van der Waals surface area contributed by atoms with Gasteiger partial charge >= 0.3 is 0 Å². The van der Waals surface area contributed by atoms with Crippen molar-refractivity contribution in [2.45, 2.75) is 38.6 Å². The van der Waals surface area contributed by atoms with E-state index >= 15 is 0 Å². The molecule has 1 unspecified atom stereocenters. The number of rotatable bonds is 9. The highest BCUT2D eigenvalue weighted by Crippen LogP contribution is 2.01. The van der Waals surface area contributed by atoms with Gasteiger partial charge in [0.2, 0.25) is 0 Å². The molecule has 0 rings (SSSR count). The van der Waals surface area contributed by atoms with Crippen LogP contribution in [0.3, 0.4) is 0 Å². The first-order valence-corrected chi connectivity index (χ1v) is 6.85. The number of hydrogen-bond acceptors (Lipinski definition) is 4. The first-order chi connectivity index (χ1) is 7.26. The van der Waals surface area contributed by atoms with Gasteiger partial charge in [0.1, 0.15) is 0 Å². The third-order valence-corrected chi connectivity index (χ3v) is 2.99. The molecule has 0 aliphatic rings. The number of thioether (sulfide) groups is 1. The molecule has 0 aromatic rings. The van der Waals surface area contributed by atoms with Crippen LogP contribution in [-0.4, -0.2) is 35.6 Å². The van der Waals surface area contributed by atoms with Crippen LogP contribution in [0.2, 0.25) is 0 Å². The molecule has 4 nitrogen and oxygen atoms in total. The third kappa shape index (κ3) is 7.50. The molecule has 1 atom stereocenters. The number of nitrogens with two attached hydrogens (primary N) is 1. The summed E-state index contributed by atoms with van der Waals surface area (Å²) in [7, 11) is 0. The number of nitrogens with zero attached hydrogens (tertiary/aromatic N) is 1. The summed E-state index contributed by atoms with van der Waals surface area (Å²) in [5.74, 6) is 1.51. The van der Waals surface area contributed by atoms with Crippen molar-refractivity contribution in [1.29, 1.82) is 0 Å². The van der Waals surface area contributed by atoms with Gasteiger partial charge in [-0.3, -0.25) is 0 Å². The van der Waals surface area contributed by atoms with Gasteiger partial charge in [-0.05, 0) is 37.8 Å². The van der Waals surface area contributed by atoms with Crippen LogP contribution in [0.4, 0.5) is 0 Å². The molecule has 0 heterocycles. The van der Waals surface area contributed by atoms with E-state index in [-0.39, 0.29) is 11.9 Å². The number of amidine groups is 1. The molecular formula is C10H23N3OS. The van der Waals surface area contributed by atoms with E-state index < -0.39 is 0 Å². The van der Waals surface area contributed by atoms with Crippen LogP contribution in [0.25, 0.3) is 0 Å². The maximum absolute atomic E-state index is 8.53. The number of nitrogens with one attached hydrogen (secondary N) is 1. The Morgan fingerprint density at radius 2 is 2.20 bits per heavy atom. The van der Waals surface area contributed by atoms with Gasteiger partial charge in [0.15, 0.2) is 5.84 Å². The molecule has 90 valence electrons. The van der Waals surface area contributed by atoms with Gasteiger partial charge in [-0.1, -0.05) is 18.5 Å². The van der Waals surface area contributed by atoms with Crippen molar-refractivity contribution in [1.82, 2.24) is 5.32 Å². The monoisotopic (exact) mass is 233 g/mol. The highest BCUT2D eigenvalue weighted by molar-refractivity contribution is 7.98. The van der Waals surface area contributed by atoms with Gasteiger partial charge in [0.05, 0.1) is 6.04 Å². The highest BCUT2D eigenvalue weighted by atomic mass is 32.2. The van der Waals surface area contributed by atoms with Crippen molar-refractivity contribution < 1.29 is 5.21 Å². The van der Waals surface area contributed by atoms with E-state index in [1.54, 1.807) is 0 Å². The lowest BCUT2D eigenvalue weighted by atomic mass is 10.2. The summed E-state index contributed by atoms with van der Waals surface area (Å²) in [5, 5.41) is 14.8. The standard InChI is InChI=1S/C10H23N3OS/c1-3-9(10(11)13-14)12-7-5-4-6-8-15-2/h9,12,14H,3-8H2,1-2H3,(H2,11,13). The van der Waals surface area contributed by atoms with Crippen molar-refractivity contribution in [3.63, 3.8) is 0 Å². The van der Waals surface area contributed by atoms with Gasteiger partial charge in [-0.25, -0.2) is 0 Å². The molecule has 0 saturated heterocycles. The van der Waals surface area contributed by atoms with Crippen molar-refractivity contribution in [3.8, 4) is 0 Å². The molecule has 0 aliphatic heterocycles. The molecule has 0 aromatic heterocycles. The van der Waals surface area contributed by atoms with Crippen LogP contribution in [0.15, 0.2) is 5.16 Å². The summed E-state index contributed by atoms with van der Waals surface area (Å²) in [6, 6.07) is 0.00977. The average Bonchev–Trinajstić information content (AvgIpc) is 2.27. The minimum atomic E-state index is 0.00977. The fourth-order valence-electron chi connectivity index (χ4n) is 1.35. The fourth-order valence-corrected chi connectivity index (χ4v) is 1.85. The molecule has 4 N–H and O–H groups in total. The summed E-state index contributed by atoms with van der Waals surface area (Å²) in [4.78, 5) is 0. The number of hydrogen-bond donors (Lipinski definition) is 3. The first-order valence-electron chi connectivity index (χ1n) is 5.46. The fraction of sp³-hybridized carbons (Fsp3) is 0.900. The van der Waals surface area contributed by atoms with E-state index in [1.165, 1.54) is 18.6 Å². The van der Waals surface area contributed by atoms with Crippen LogP contribution in [0.5, 0.6) is 0 Å². The van der Waals surface area contributed by atoms with Crippen LogP contribution in [-0.2, 0) is 0 Å². The van der Waals surface area contributed by atoms with Gasteiger partial charge < -0.3 is 16.3 Å². The summed E-state index contributed by atoms with van der Waals surface area (Å²) < 4.78 is 0. The van der Waals surface area contributed by atoms with Crippen LogP contribution in [0, 0.1) is 0 Å². The summed E-state index contributed by atoms with van der Waals surface area (Å²) in [6.07, 6.45) is 6.63. The largest absolute Gasteiger partial charge is 0.409 e. The van der Waals surface area contributed by atoms with Gasteiger partial charge in [-0.2, -0.15) is 11.8 Å². The Kier molecular flexibility index (Phi) is 9.83. The lowest BCUT2D eigenvalue weighted by Gasteiger charge is -2.14. The molecule has 0 aliphatic carbocycles. The second-order valence-electron chi connectivity index (χ2n) is 3.49. The molecule has 0 amide bonds. The average molecular weight is 233 g/mol. The SMILES string of the molecule is CCC(NCCCCCSC)C(N)=NO. The number of oxime groups is 1. The van der Waals surface area contributed by atoms with Gasteiger partial charge in [0.25, 0.3) is 0 Å². The minimum Gasteiger partial charge on any atom is -0.409 e. The van der Waals surface area contributed by atoms with Gasteiger partial charge in [0, 0.05) is 0 Å². The smallest absolute Gasteiger partial charge is 0.156 e. The summed E-state index contributed by atoms with van der Waals surface area (Å²) in [6.45, 7) is 2.95. The Bertz CT molecular complexity index is 176. The lowest BCUT2D eigenvalue weighted by Crippen LogP contribution is -2.41. The maximum Gasteiger partial charge on any atom is 0.156 e. The molecule has 0 fully saturated rings. The van der Waals surface area contributed by atoms with Crippen LogP contribution >= 0.6 is 11.8 Å². The third-order valence-electron chi connectivity index (χ3n) is 2.30. The molecule has 0 bridgehead atoms. The van der Waals surface area contributed by atoms with E-state index in [4.69, 9.17) is 10.9 Å². The number of unbranched alkanes of at least 4 members (excludes halogenated alkanes) is 2. The van der Waals surface area contributed by atoms with Crippen molar-refractivity contribution in [3.05, 3.63) is 0 Å². The van der Waals surface area contributed by atoms with Crippen molar-refractivity contribution in [2.75, 3.05) is 18.6 Å². The Morgan fingerprint density at radius 3 is 2.73 bits per heavy atom. The zero-order valence-electron chi connectivity index (χ0n) is 9.70.